The van der Waals surface area contributed by atoms with E-state index in [4.69, 9.17) is 4.74 Å². The molecule has 4 nitrogen and oxygen atoms in total. The molecule has 4 heteroatoms. The molecule has 0 fully saturated rings. The monoisotopic (exact) mass is 488 g/mol. The number of phenolic OH excluding ortho intramolecular Hbond substituents is 2. The smallest absolute Gasteiger partial charge is 0.311 e. The van der Waals surface area contributed by atoms with Crippen LogP contribution in [-0.2, 0) is 4.79 Å². The summed E-state index contributed by atoms with van der Waals surface area (Å²) in [7, 11) is 0. The van der Waals surface area contributed by atoms with Crippen LogP contribution in [0.3, 0.4) is 0 Å². The molecule has 0 radical (unpaired) electrons. The van der Waals surface area contributed by atoms with E-state index in [9.17, 15) is 15.0 Å². The summed E-state index contributed by atoms with van der Waals surface area (Å²) < 4.78 is 5.44. The van der Waals surface area contributed by atoms with Gasteiger partial charge in [0.05, 0.1) is 0 Å². The second-order valence-electron chi connectivity index (χ2n) is 8.76. The van der Waals surface area contributed by atoms with Gasteiger partial charge in [-0.3, -0.25) is 4.79 Å². The van der Waals surface area contributed by atoms with Gasteiger partial charge in [0.2, 0.25) is 0 Å². The van der Waals surface area contributed by atoms with Crippen molar-refractivity contribution >= 4 is 18.1 Å². The van der Waals surface area contributed by atoms with E-state index in [0.717, 1.165) is 56.1 Å². The van der Waals surface area contributed by atoms with Crippen molar-refractivity contribution < 1.29 is 19.7 Å². The molecule has 0 amide bonds. The van der Waals surface area contributed by atoms with Crippen molar-refractivity contribution in [3.05, 3.63) is 90.0 Å². The summed E-state index contributed by atoms with van der Waals surface area (Å²) in [5, 5.41) is 19.4. The van der Waals surface area contributed by atoms with Crippen LogP contribution < -0.4 is 4.74 Å². The summed E-state index contributed by atoms with van der Waals surface area (Å²) in [5.41, 5.74) is 1.63. The first kappa shape index (κ1) is 28.7. The molecule has 2 N–H and O–H groups in total. The fraction of sp³-hybridized carbons (Fsp3) is 0.344. The third-order valence-corrected chi connectivity index (χ3v) is 5.54. The number of ether oxygens (including phenoxy) is 1. The van der Waals surface area contributed by atoms with Gasteiger partial charge in [-0.25, -0.2) is 0 Å². The maximum absolute atomic E-state index is 12.2. The van der Waals surface area contributed by atoms with Crippen molar-refractivity contribution in [3.63, 3.8) is 0 Å². The molecule has 36 heavy (non-hydrogen) atoms. The molecule has 0 spiro atoms. The van der Waals surface area contributed by atoms with Crippen molar-refractivity contribution in [3.8, 4) is 17.2 Å². The zero-order valence-corrected chi connectivity index (χ0v) is 21.4. The molecule has 2 rings (SSSR count). The maximum Gasteiger partial charge on any atom is 0.311 e. The standard InChI is InChI=1S/C32H40O4/c1-2-3-4-5-6-7-8-9-10-11-12-13-14-15-16-17-32(35)36-31-25-28(24-30(34)26-31)19-18-27-20-22-29(33)23-21-27/h3-4,6-7,9-10,18-26,33-34H,2,5,8,11-17H2,1H3/b4-3+,7-6+,10-9+,19-18+. The highest BCUT2D eigenvalue weighted by atomic mass is 16.5. The zero-order chi connectivity index (χ0) is 25.8. The minimum Gasteiger partial charge on any atom is -0.508 e. The van der Waals surface area contributed by atoms with Crippen molar-refractivity contribution in [2.75, 3.05) is 0 Å². The quantitative estimate of drug-likeness (QED) is 0.0815. The molecular formula is C32H40O4. The molecule has 192 valence electrons. The normalized spacial score (nSPS) is 11.9. The number of hydrogen-bond acceptors (Lipinski definition) is 4. The van der Waals surface area contributed by atoms with Crippen LogP contribution >= 0.6 is 0 Å². The molecule has 0 aliphatic rings. The Labute approximate surface area is 216 Å². The molecule has 2 aromatic rings. The lowest BCUT2D eigenvalue weighted by atomic mass is 10.1. The first-order valence-corrected chi connectivity index (χ1v) is 13.0. The predicted octanol–water partition coefficient (Wildman–Crippen LogP) is 8.76. The molecule has 0 saturated heterocycles. The summed E-state index contributed by atoms with van der Waals surface area (Å²) in [5.74, 6) is 0.306. The number of carbonyl (C=O) groups is 1. The molecule has 0 aliphatic heterocycles. The predicted molar refractivity (Wildman–Crippen MR) is 150 cm³/mol. The zero-order valence-electron chi connectivity index (χ0n) is 21.4. The van der Waals surface area contributed by atoms with Crippen LogP contribution in [0, 0.1) is 0 Å². The molecule has 0 heterocycles. The molecule has 0 aliphatic carbocycles. The minimum absolute atomic E-state index is 0.0415. The maximum atomic E-state index is 12.2. The average molecular weight is 489 g/mol. The van der Waals surface area contributed by atoms with Crippen LogP contribution in [0.4, 0.5) is 0 Å². The lowest BCUT2D eigenvalue weighted by Crippen LogP contribution is -2.07. The van der Waals surface area contributed by atoms with Gasteiger partial charge in [-0.15, -0.1) is 0 Å². The van der Waals surface area contributed by atoms with Gasteiger partial charge in [0, 0.05) is 12.5 Å². The molecule has 2 aromatic carbocycles. The molecular weight excluding hydrogens is 448 g/mol. The lowest BCUT2D eigenvalue weighted by molar-refractivity contribution is -0.134. The summed E-state index contributed by atoms with van der Waals surface area (Å²) in [6.45, 7) is 2.15. The second kappa shape index (κ2) is 17.8. The summed E-state index contributed by atoms with van der Waals surface area (Å²) >= 11 is 0. The van der Waals surface area contributed by atoms with Crippen molar-refractivity contribution in [2.45, 2.75) is 71.1 Å². The Morgan fingerprint density at radius 3 is 2.11 bits per heavy atom. The van der Waals surface area contributed by atoms with Crippen LogP contribution in [0.2, 0.25) is 0 Å². The Kier molecular flexibility index (Phi) is 14.2. The first-order valence-electron chi connectivity index (χ1n) is 13.0. The fourth-order valence-corrected chi connectivity index (χ4v) is 3.61. The van der Waals surface area contributed by atoms with E-state index in [1.165, 1.54) is 18.9 Å². The Hall–Kier alpha value is -3.53. The van der Waals surface area contributed by atoms with E-state index in [1.807, 2.05) is 12.2 Å². The van der Waals surface area contributed by atoms with E-state index < -0.39 is 0 Å². The summed E-state index contributed by atoms with van der Waals surface area (Å²) in [6, 6.07) is 11.6. The largest absolute Gasteiger partial charge is 0.508 e. The van der Waals surface area contributed by atoms with Gasteiger partial charge in [-0.2, -0.15) is 0 Å². The number of aromatic hydroxyl groups is 2. The van der Waals surface area contributed by atoms with Crippen LogP contribution in [0.5, 0.6) is 17.2 Å². The van der Waals surface area contributed by atoms with Crippen molar-refractivity contribution in [1.29, 1.82) is 0 Å². The van der Waals surface area contributed by atoms with Gasteiger partial charge in [0.25, 0.3) is 0 Å². The first-order chi connectivity index (χ1) is 17.6. The molecule has 0 unspecified atom stereocenters. The SMILES string of the molecule is CC/C=C/C/C=C/C/C=C/CCCCCCCC(=O)Oc1cc(O)cc(/C=C/c2ccc(O)cc2)c1. The Balaban J connectivity index is 1.59. The number of rotatable bonds is 16. The highest BCUT2D eigenvalue weighted by Gasteiger charge is 2.07. The van der Waals surface area contributed by atoms with Crippen molar-refractivity contribution in [2.24, 2.45) is 0 Å². The third kappa shape index (κ3) is 13.4. The van der Waals surface area contributed by atoms with Crippen LogP contribution in [-0.4, -0.2) is 16.2 Å². The van der Waals surface area contributed by atoms with Gasteiger partial charge < -0.3 is 14.9 Å². The number of allylic oxidation sites excluding steroid dienone is 6. The Morgan fingerprint density at radius 2 is 1.36 bits per heavy atom. The third-order valence-electron chi connectivity index (χ3n) is 5.54. The van der Waals surface area contributed by atoms with E-state index in [2.05, 4.69) is 43.4 Å². The van der Waals surface area contributed by atoms with Gasteiger partial charge in [0.1, 0.15) is 17.2 Å². The van der Waals surface area contributed by atoms with E-state index in [-0.39, 0.29) is 17.5 Å². The second-order valence-corrected chi connectivity index (χ2v) is 8.76. The lowest BCUT2D eigenvalue weighted by Gasteiger charge is -2.06. The minimum atomic E-state index is -0.282. The van der Waals surface area contributed by atoms with E-state index in [1.54, 1.807) is 36.4 Å². The molecule has 0 saturated carbocycles. The topological polar surface area (TPSA) is 66.8 Å². The number of esters is 1. The van der Waals surface area contributed by atoms with Gasteiger partial charge in [0.15, 0.2) is 0 Å². The fourth-order valence-electron chi connectivity index (χ4n) is 3.61. The Bertz CT molecular complexity index is 1010. The average Bonchev–Trinajstić information content (AvgIpc) is 2.85. The van der Waals surface area contributed by atoms with Gasteiger partial charge >= 0.3 is 5.97 Å². The number of unbranched alkanes of at least 4 members (excludes halogenated alkanes) is 5. The highest BCUT2D eigenvalue weighted by molar-refractivity contribution is 5.74. The summed E-state index contributed by atoms with van der Waals surface area (Å²) in [6.07, 6.45) is 26.8. The number of phenols is 2. The summed E-state index contributed by atoms with van der Waals surface area (Å²) in [4.78, 5) is 12.2. The van der Waals surface area contributed by atoms with Crippen molar-refractivity contribution in [1.82, 2.24) is 0 Å². The molecule has 0 bridgehead atoms. The Morgan fingerprint density at radius 1 is 0.722 bits per heavy atom. The molecule has 0 atom stereocenters. The van der Waals surface area contributed by atoms with E-state index >= 15 is 0 Å². The van der Waals surface area contributed by atoms with Crippen LogP contribution in [0.25, 0.3) is 12.2 Å². The highest BCUT2D eigenvalue weighted by Crippen LogP contribution is 2.24. The number of hydrogen-bond donors (Lipinski definition) is 2. The van der Waals surface area contributed by atoms with E-state index in [0.29, 0.717) is 12.2 Å². The number of carbonyl (C=O) groups excluding carboxylic acids is 1. The van der Waals surface area contributed by atoms with Crippen LogP contribution in [0.1, 0.15) is 82.3 Å². The molecule has 0 aromatic heterocycles. The number of benzene rings is 2. The van der Waals surface area contributed by atoms with Gasteiger partial charge in [-0.05, 0) is 73.9 Å². The van der Waals surface area contributed by atoms with Crippen LogP contribution in [0.15, 0.2) is 78.9 Å². The van der Waals surface area contributed by atoms with Gasteiger partial charge in [-0.1, -0.05) is 86.9 Å².